The zero-order valence-corrected chi connectivity index (χ0v) is 10.7. The Morgan fingerprint density at radius 3 is 2.78 bits per heavy atom. The lowest BCUT2D eigenvalue weighted by Crippen LogP contribution is -2.22. The molecule has 1 atom stereocenters. The van der Waals surface area contributed by atoms with Crippen LogP contribution in [-0.4, -0.2) is 16.3 Å². The van der Waals surface area contributed by atoms with Crippen molar-refractivity contribution < 1.29 is 4.39 Å². The fourth-order valence-electron chi connectivity index (χ4n) is 2.00. The molecule has 4 heteroatoms. The normalized spacial score (nSPS) is 12.6. The van der Waals surface area contributed by atoms with Gasteiger partial charge in [-0.2, -0.15) is 5.10 Å². The molecule has 0 amide bonds. The molecule has 1 aromatic heterocycles. The van der Waals surface area contributed by atoms with Crippen molar-refractivity contribution in [2.45, 2.75) is 19.4 Å². The van der Waals surface area contributed by atoms with Gasteiger partial charge in [0.25, 0.3) is 0 Å². The van der Waals surface area contributed by atoms with Crippen LogP contribution in [0.5, 0.6) is 0 Å². The van der Waals surface area contributed by atoms with Crippen LogP contribution in [0.2, 0.25) is 0 Å². The summed E-state index contributed by atoms with van der Waals surface area (Å²) in [5.41, 5.74) is 1.88. The molecule has 0 saturated heterocycles. The number of nitrogens with one attached hydrogen (secondary N) is 1. The summed E-state index contributed by atoms with van der Waals surface area (Å²) in [5, 5.41) is 7.44. The first kappa shape index (κ1) is 12.8. The predicted octanol–water partition coefficient (Wildman–Crippen LogP) is 2.45. The van der Waals surface area contributed by atoms with Crippen LogP contribution in [0, 0.1) is 5.82 Å². The van der Waals surface area contributed by atoms with E-state index in [9.17, 15) is 4.39 Å². The van der Waals surface area contributed by atoms with Crippen molar-refractivity contribution >= 4 is 0 Å². The smallest absolute Gasteiger partial charge is 0.127 e. The molecule has 18 heavy (non-hydrogen) atoms. The van der Waals surface area contributed by atoms with Crippen molar-refractivity contribution in [1.29, 1.82) is 0 Å². The van der Waals surface area contributed by atoms with E-state index in [0.29, 0.717) is 5.56 Å². The number of nitrogens with zero attached hydrogens (tertiary/aromatic N) is 2. The summed E-state index contributed by atoms with van der Waals surface area (Å²) in [6, 6.07) is 8.89. The van der Waals surface area contributed by atoms with Gasteiger partial charge in [0, 0.05) is 43.5 Å². The average Bonchev–Trinajstić information content (AvgIpc) is 2.75. The van der Waals surface area contributed by atoms with Crippen LogP contribution in [0.3, 0.4) is 0 Å². The van der Waals surface area contributed by atoms with Crippen LogP contribution >= 0.6 is 0 Å². The Labute approximate surface area is 107 Å². The number of rotatable bonds is 5. The first-order valence-corrected chi connectivity index (χ1v) is 6.13. The average molecular weight is 247 g/mol. The van der Waals surface area contributed by atoms with Gasteiger partial charge in [0.15, 0.2) is 0 Å². The fourth-order valence-corrected chi connectivity index (χ4v) is 2.00. The highest BCUT2D eigenvalue weighted by Gasteiger charge is 2.09. The molecular weight excluding hydrogens is 229 g/mol. The Bertz CT molecular complexity index is 507. The third kappa shape index (κ3) is 2.96. The SMILES string of the molecule is CC(NCCc1ccnn1C)c1ccccc1F. The van der Waals surface area contributed by atoms with Gasteiger partial charge in [-0.1, -0.05) is 18.2 Å². The monoisotopic (exact) mass is 247 g/mol. The molecule has 1 N–H and O–H groups in total. The van der Waals surface area contributed by atoms with Crippen LogP contribution in [-0.2, 0) is 13.5 Å². The van der Waals surface area contributed by atoms with Gasteiger partial charge in [0.1, 0.15) is 5.82 Å². The minimum absolute atomic E-state index is 0.0134. The molecule has 0 aliphatic heterocycles. The molecule has 96 valence electrons. The Hall–Kier alpha value is -1.68. The van der Waals surface area contributed by atoms with E-state index < -0.39 is 0 Å². The molecule has 0 aliphatic carbocycles. The lowest BCUT2D eigenvalue weighted by atomic mass is 10.1. The second-order valence-corrected chi connectivity index (χ2v) is 4.39. The number of aromatic nitrogens is 2. The summed E-state index contributed by atoms with van der Waals surface area (Å²) in [6.45, 7) is 2.77. The molecular formula is C14H18FN3. The fraction of sp³-hybridized carbons (Fsp3) is 0.357. The van der Waals surface area contributed by atoms with Crippen molar-refractivity contribution in [3.8, 4) is 0 Å². The Kier molecular flexibility index (Phi) is 4.10. The molecule has 0 radical (unpaired) electrons. The molecule has 0 fully saturated rings. The van der Waals surface area contributed by atoms with E-state index in [1.54, 1.807) is 12.3 Å². The second-order valence-electron chi connectivity index (χ2n) is 4.39. The summed E-state index contributed by atoms with van der Waals surface area (Å²) in [4.78, 5) is 0. The van der Waals surface area contributed by atoms with Gasteiger partial charge in [-0.3, -0.25) is 4.68 Å². The summed E-state index contributed by atoms with van der Waals surface area (Å²) >= 11 is 0. The third-order valence-corrected chi connectivity index (χ3v) is 3.13. The zero-order chi connectivity index (χ0) is 13.0. The van der Waals surface area contributed by atoms with E-state index in [1.807, 2.05) is 36.9 Å². The van der Waals surface area contributed by atoms with E-state index >= 15 is 0 Å². The van der Waals surface area contributed by atoms with Crippen LogP contribution in [0.1, 0.15) is 24.2 Å². The van der Waals surface area contributed by atoms with E-state index in [0.717, 1.165) is 13.0 Å². The van der Waals surface area contributed by atoms with Gasteiger partial charge in [-0.15, -0.1) is 0 Å². The maximum absolute atomic E-state index is 13.6. The van der Waals surface area contributed by atoms with E-state index in [1.165, 1.54) is 11.8 Å². The minimum atomic E-state index is -0.155. The second kappa shape index (κ2) is 5.78. The van der Waals surface area contributed by atoms with Crippen molar-refractivity contribution in [2.24, 2.45) is 7.05 Å². The number of hydrogen-bond donors (Lipinski definition) is 1. The van der Waals surface area contributed by atoms with E-state index in [2.05, 4.69) is 10.4 Å². The van der Waals surface area contributed by atoms with Gasteiger partial charge >= 0.3 is 0 Å². The van der Waals surface area contributed by atoms with Crippen molar-refractivity contribution in [3.05, 3.63) is 53.6 Å². The van der Waals surface area contributed by atoms with Gasteiger partial charge in [0.2, 0.25) is 0 Å². The summed E-state index contributed by atoms with van der Waals surface area (Å²) < 4.78 is 15.4. The van der Waals surface area contributed by atoms with Gasteiger partial charge in [0.05, 0.1) is 0 Å². The number of hydrogen-bond acceptors (Lipinski definition) is 2. The topological polar surface area (TPSA) is 29.9 Å². The number of halogens is 1. The molecule has 1 heterocycles. The van der Waals surface area contributed by atoms with Crippen LogP contribution < -0.4 is 5.32 Å². The van der Waals surface area contributed by atoms with Gasteiger partial charge in [-0.05, 0) is 19.1 Å². The summed E-state index contributed by atoms with van der Waals surface area (Å²) in [7, 11) is 1.93. The predicted molar refractivity (Wildman–Crippen MR) is 69.7 cm³/mol. The molecule has 1 aromatic carbocycles. The van der Waals surface area contributed by atoms with Crippen LogP contribution in [0.4, 0.5) is 4.39 Å². The highest BCUT2D eigenvalue weighted by molar-refractivity contribution is 5.20. The van der Waals surface area contributed by atoms with Crippen LogP contribution in [0.15, 0.2) is 36.5 Å². The summed E-state index contributed by atoms with van der Waals surface area (Å²) in [6.07, 6.45) is 2.67. The summed E-state index contributed by atoms with van der Waals surface area (Å²) in [5.74, 6) is -0.155. The van der Waals surface area contributed by atoms with Crippen LogP contribution in [0.25, 0.3) is 0 Å². The molecule has 3 nitrogen and oxygen atoms in total. The Morgan fingerprint density at radius 1 is 1.33 bits per heavy atom. The quantitative estimate of drug-likeness (QED) is 0.879. The van der Waals surface area contributed by atoms with E-state index in [-0.39, 0.29) is 11.9 Å². The maximum Gasteiger partial charge on any atom is 0.127 e. The molecule has 1 unspecified atom stereocenters. The van der Waals surface area contributed by atoms with Gasteiger partial charge in [-0.25, -0.2) is 4.39 Å². The van der Waals surface area contributed by atoms with Crippen molar-refractivity contribution in [1.82, 2.24) is 15.1 Å². The van der Waals surface area contributed by atoms with Crippen molar-refractivity contribution in [2.75, 3.05) is 6.54 Å². The van der Waals surface area contributed by atoms with Crippen molar-refractivity contribution in [3.63, 3.8) is 0 Å². The third-order valence-electron chi connectivity index (χ3n) is 3.13. The molecule has 2 aromatic rings. The lowest BCUT2D eigenvalue weighted by molar-refractivity contribution is 0.525. The largest absolute Gasteiger partial charge is 0.310 e. The molecule has 0 aliphatic rings. The van der Waals surface area contributed by atoms with E-state index in [4.69, 9.17) is 0 Å². The number of benzene rings is 1. The minimum Gasteiger partial charge on any atom is -0.310 e. The zero-order valence-electron chi connectivity index (χ0n) is 10.7. The molecule has 0 spiro atoms. The maximum atomic E-state index is 13.6. The highest BCUT2D eigenvalue weighted by Crippen LogP contribution is 2.15. The highest BCUT2D eigenvalue weighted by atomic mass is 19.1. The first-order valence-electron chi connectivity index (χ1n) is 6.13. The molecule has 0 saturated carbocycles. The first-order chi connectivity index (χ1) is 8.68. The van der Waals surface area contributed by atoms with Gasteiger partial charge < -0.3 is 5.32 Å². The molecule has 2 rings (SSSR count). The lowest BCUT2D eigenvalue weighted by Gasteiger charge is -2.14. The molecule has 0 bridgehead atoms. The standard InChI is InChI=1S/C14H18FN3/c1-11(13-5-3-4-6-14(13)15)16-9-7-12-8-10-17-18(12)2/h3-6,8,10-11,16H,7,9H2,1-2H3. The Balaban J connectivity index is 1.87. The Morgan fingerprint density at radius 2 is 2.11 bits per heavy atom. The number of aryl methyl sites for hydroxylation is 1.